The fourth-order valence-corrected chi connectivity index (χ4v) is 3.04. The molecule has 0 aromatic carbocycles. The largest absolute Gasteiger partial charge is 0.378 e. The van der Waals surface area contributed by atoms with Crippen LogP contribution in [0.1, 0.15) is 19.8 Å². The van der Waals surface area contributed by atoms with Crippen molar-refractivity contribution < 1.29 is 4.74 Å². The molecule has 7 heteroatoms. The summed E-state index contributed by atoms with van der Waals surface area (Å²) in [7, 11) is 2.08. The van der Waals surface area contributed by atoms with E-state index in [0.29, 0.717) is 23.6 Å². The molecule has 0 amide bonds. The van der Waals surface area contributed by atoms with Crippen molar-refractivity contribution in [2.75, 3.05) is 18.6 Å². The van der Waals surface area contributed by atoms with Crippen molar-refractivity contribution in [3.63, 3.8) is 0 Å². The highest BCUT2D eigenvalue weighted by atomic mass is 16.5. The van der Waals surface area contributed by atoms with Crippen LogP contribution >= 0.6 is 0 Å². The number of hydrogen-bond donors (Lipinski definition) is 0. The van der Waals surface area contributed by atoms with Gasteiger partial charge >= 0.3 is 0 Å². The van der Waals surface area contributed by atoms with Gasteiger partial charge < -0.3 is 9.64 Å². The second-order valence-corrected chi connectivity index (χ2v) is 6.01. The van der Waals surface area contributed by atoms with Crippen LogP contribution in [-0.4, -0.2) is 50.6 Å². The summed E-state index contributed by atoms with van der Waals surface area (Å²) < 4.78 is 7.41. The molecule has 1 aliphatic rings. The molecule has 0 atom stereocenters. The Bertz CT molecular complexity index is 827. The van der Waals surface area contributed by atoms with Crippen molar-refractivity contribution >= 4 is 11.5 Å². The van der Waals surface area contributed by atoms with Crippen LogP contribution in [0.15, 0.2) is 36.5 Å². The van der Waals surface area contributed by atoms with Gasteiger partial charge in [0.05, 0.1) is 6.10 Å². The Labute approximate surface area is 140 Å². The quantitative estimate of drug-likeness (QED) is 0.716. The van der Waals surface area contributed by atoms with Crippen molar-refractivity contribution in [3.05, 3.63) is 36.5 Å². The summed E-state index contributed by atoms with van der Waals surface area (Å²) in [5.41, 5.74) is 1.48. The molecule has 24 heavy (non-hydrogen) atoms. The maximum atomic E-state index is 5.65. The molecule has 0 N–H and O–H groups in total. The molecule has 4 rings (SSSR count). The minimum absolute atomic E-state index is 0.380. The lowest BCUT2D eigenvalue weighted by Gasteiger charge is -2.41. The number of pyridine rings is 1. The first-order valence-corrected chi connectivity index (χ1v) is 8.24. The van der Waals surface area contributed by atoms with Crippen LogP contribution < -0.4 is 4.90 Å². The van der Waals surface area contributed by atoms with Gasteiger partial charge in [-0.05, 0) is 44.0 Å². The maximum Gasteiger partial charge on any atom is 0.203 e. The summed E-state index contributed by atoms with van der Waals surface area (Å²) >= 11 is 0. The van der Waals surface area contributed by atoms with E-state index in [1.54, 1.807) is 10.7 Å². The molecule has 124 valence electrons. The zero-order valence-corrected chi connectivity index (χ0v) is 13.8. The van der Waals surface area contributed by atoms with E-state index >= 15 is 0 Å². The third-order valence-electron chi connectivity index (χ3n) is 4.52. The van der Waals surface area contributed by atoms with Crippen LogP contribution in [0.3, 0.4) is 0 Å². The standard InChI is InChI=1S/C17H20N6O/c1-3-24-13-10-12(11-13)22(2)16-8-7-15-19-20-17(23(15)21-16)14-6-4-5-9-18-14/h4-9,12-13H,3,10-11H2,1-2H3. The van der Waals surface area contributed by atoms with E-state index in [-0.39, 0.29) is 0 Å². The number of aromatic nitrogens is 5. The fourth-order valence-electron chi connectivity index (χ4n) is 3.04. The summed E-state index contributed by atoms with van der Waals surface area (Å²) in [5, 5.41) is 13.1. The number of fused-ring (bicyclic) bond motifs is 1. The number of anilines is 1. The Hall–Kier alpha value is -2.54. The lowest BCUT2D eigenvalue weighted by atomic mass is 9.88. The summed E-state index contributed by atoms with van der Waals surface area (Å²) in [4.78, 5) is 6.55. The minimum atomic E-state index is 0.380. The van der Waals surface area contributed by atoms with Gasteiger partial charge in [-0.1, -0.05) is 6.07 Å². The van der Waals surface area contributed by atoms with Crippen molar-refractivity contribution in [3.8, 4) is 11.5 Å². The van der Waals surface area contributed by atoms with Crippen LogP contribution in [0.4, 0.5) is 5.82 Å². The average molecular weight is 324 g/mol. The zero-order valence-electron chi connectivity index (χ0n) is 13.8. The van der Waals surface area contributed by atoms with Crippen molar-refractivity contribution in [2.24, 2.45) is 0 Å². The van der Waals surface area contributed by atoms with E-state index in [9.17, 15) is 0 Å². The van der Waals surface area contributed by atoms with Gasteiger partial charge in [0.1, 0.15) is 11.5 Å². The molecule has 0 spiro atoms. The van der Waals surface area contributed by atoms with E-state index in [2.05, 4.69) is 27.1 Å². The summed E-state index contributed by atoms with van der Waals surface area (Å²) in [5.74, 6) is 1.56. The monoisotopic (exact) mass is 324 g/mol. The normalized spacial score (nSPS) is 20.1. The Kier molecular flexibility index (Phi) is 3.86. The van der Waals surface area contributed by atoms with Gasteiger partial charge in [-0.2, -0.15) is 4.52 Å². The first kappa shape index (κ1) is 15.0. The van der Waals surface area contributed by atoms with Gasteiger partial charge in [-0.3, -0.25) is 4.98 Å². The van der Waals surface area contributed by atoms with E-state index in [1.165, 1.54) is 0 Å². The molecule has 7 nitrogen and oxygen atoms in total. The summed E-state index contributed by atoms with van der Waals surface area (Å²) in [6.45, 7) is 2.82. The summed E-state index contributed by atoms with van der Waals surface area (Å²) in [6.07, 6.45) is 4.21. The molecule has 1 aliphatic carbocycles. The van der Waals surface area contributed by atoms with Gasteiger partial charge in [0.2, 0.25) is 5.82 Å². The van der Waals surface area contributed by atoms with Gasteiger partial charge in [0.15, 0.2) is 5.65 Å². The van der Waals surface area contributed by atoms with Crippen molar-refractivity contribution in [2.45, 2.75) is 31.9 Å². The van der Waals surface area contributed by atoms with Crippen molar-refractivity contribution in [1.29, 1.82) is 0 Å². The first-order valence-electron chi connectivity index (χ1n) is 8.24. The fraction of sp³-hybridized carbons (Fsp3) is 0.412. The van der Waals surface area contributed by atoms with Crippen LogP contribution in [0, 0.1) is 0 Å². The molecule has 3 aromatic heterocycles. The third-order valence-corrected chi connectivity index (χ3v) is 4.52. The van der Waals surface area contributed by atoms with Gasteiger partial charge in [0, 0.05) is 25.9 Å². The molecule has 0 aliphatic heterocycles. The van der Waals surface area contributed by atoms with E-state index in [0.717, 1.165) is 31.0 Å². The van der Waals surface area contributed by atoms with Crippen LogP contribution in [-0.2, 0) is 4.74 Å². The highest BCUT2D eigenvalue weighted by Gasteiger charge is 2.33. The Balaban J connectivity index is 1.61. The van der Waals surface area contributed by atoms with Crippen LogP contribution in [0.5, 0.6) is 0 Å². The Morgan fingerprint density at radius 2 is 2.08 bits per heavy atom. The lowest BCUT2D eigenvalue weighted by Crippen LogP contribution is -2.47. The number of rotatable bonds is 5. The Morgan fingerprint density at radius 1 is 1.21 bits per heavy atom. The topological polar surface area (TPSA) is 68.4 Å². The molecule has 1 fully saturated rings. The van der Waals surface area contributed by atoms with Gasteiger partial charge in [0.25, 0.3) is 0 Å². The number of ether oxygens (including phenoxy) is 1. The lowest BCUT2D eigenvalue weighted by molar-refractivity contribution is -0.00237. The predicted octanol–water partition coefficient (Wildman–Crippen LogP) is 2.19. The Morgan fingerprint density at radius 3 is 2.83 bits per heavy atom. The second kappa shape index (κ2) is 6.16. The molecule has 0 unspecified atom stereocenters. The van der Waals surface area contributed by atoms with E-state index in [4.69, 9.17) is 9.84 Å². The van der Waals surface area contributed by atoms with Crippen LogP contribution in [0.2, 0.25) is 0 Å². The number of nitrogens with zero attached hydrogens (tertiary/aromatic N) is 6. The van der Waals surface area contributed by atoms with Crippen LogP contribution in [0.25, 0.3) is 17.2 Å². The summed E-state index contributed by atoms with van der Waals surface area (Å²) in [6, 6.07) is 10.1. The van der Waals surface area contributed by atoms with Crippen molar-refractivity contribution in [1.82, 2.24) is 24.8 Å². The maximum absolute atomic E-state index is 5.65. The minimum Gasteiger partial charge on any atom is -0.378 e. The molecule has 0 bridgehead atoms. The molecular formula is C17H20N6O. The second-order valence-electron chi connectivity index (χ2n) is 6.01. The smallest absolute Gasteiger partial charge is 0.203 e. The molecular weight excluding hydrogens is 304 g/mol. The van der Waals surface area contributed by atoms with Gasteiger partial charge in [-0.15, -0.1) is 15.3 Å². The third kappa shape index (κ3) is 2.60. The highest BCUT2D eigenvalue weighted by Crippen LogP contribution is 2.30. The molecule has 3 heterocycles. The van der Waals surface area contributed by atoms with Gasteiger partial charge in [-0.25, -0.2) is 0 Å². The molecule has 0 radical (unpaired) electrons. The highest BCUT2D eigenvalue weighted by molar-refractivity contribution is 5.56. The molecule has 1 saturated carbocycles. The zero-order chi connectivity index (χ0) is 16.5. The SMILES string of the molecule is CCOC1CC(N(C)c2ccc3nnc(-c4ccccn4)n3n2)C1. The van der Waals surface area contributed by atoms with E-state index < -0.39 is 0 Å². The van der Waals surface area contributed by atoms with E-state index in [1.807, 2.05) is 37.3 Å². The first-order chi connectivity index (χ1) is 11.8. The molecule has 0 saturated heterocycles. The average Bonchev–Trinajstić information content (AvgIpc) is 3.01. The molecule has 3 aromatic rings. The predicted molar refractivity (Wildman–Crippen MR) is 90.9 cm³/mol. The number of hydrogen-bond acceptors (Lipinski definition) is 6.